The number of benzene rings is 2. The van der Waals surface area contributed by atoms with Crippen LogP contribution in [0.1, 0.15) is 41.8 Å². The number of hydrogen-bond donors (Lipinski definition) is 1. The molecule has 4 heteroatoms. The second-order valence-corrected chi connectivity index (χ2v) is 7.92. The molecule has 0 spiro atoms. The van der Waals surface area contributed by atoms with Gasteiger partial charge in [0.15, 0.2) is 0 Å². The summed E-state index contributed by atoms with van der Waals surface area (Å²) >= 11 is 0. The Bertz CT molecular complexity index is 863. The molecule has 146 valence electrons. The molecule has 1 heterocycles. The molecule has 4 nitrogen and oxygen atoms in total. The predicted octanol–water partition coefficient (Wildman–Crippen LogP) is 4.77. The van der Waals surface area contributed by atoms with Gasteiger partial charge in [0.1, 0.15) is 0 Å². The number of nitrogens with one attached hydrogen (secondary N) is 1. The SMILES string of the molecule is Cc1ccc(C(=O)N2CC(C)CC(C)C2)cc1NC(=O)/C=C/c1ccccc1. The molecule has 0 aromatic heterocycles. The number of carbonyl (C=O) groups excluding carboxylic acids is 2. The van der Waals surface area contributed by atoms with E-state index in [2.05, 4.69) is 19.2 Å². The smallest absolute Gasteiger partial charge is 0.253 e. The molecule has 28 heavy (non-hydrogen) atoms. The molecular weight excluding hydrogens is 348 g/mol. The Morgan fingerprint density at radius 1 is 1.04 bits per heavy atom. The van der Waals surface area contributed by atoms with E-state index in [0.717, 1.165) is 30.6 Å². The number of nitrogens with zero attached hydrogens (tertiary/aromatic N) is 1. The third-order valence-corrected chi connectivity index (χ3v) is 5.13. The second kappa shape index (κ2) is 8.87. The molecule has 1 aliphatic rings. The van der Waals surface area contributed by atoms with Crippen LogP contribution in [0, 0.1) is 18.8 Å². The topological polar surface area (TPSA) is 49.4 Å². The van der Waals surface area contributed by atoms with Crippen LogP contribution in [0.3, 0.4) is 0 Å². The Hall–Kier alpha value is -2.88. The van der Waals surface area contributed by atoms with Crippen LogP contribution in [0.25, 0.3) is 6.08 Å². The minimum atomic E-state index is -0.211. The average Bonchev–Trinajstić information content (AvgIpc) is 2.67. The molecule has 1 fully saturated rings. The van der Waals surface area contributed by atoms with E-state index >= 15 is 0 Å². The molecule has 3 rings (SSSR count). The first kappa shape index (κ1) is 19.9. The molecule has 2 atom stereocenters. The van der Waals surface area contributed by atoms with Crippen LogP contribution in [-0.4, -0.2) is 29.8 Å². The monoisotopic (exact) mass is 376 g/mol. The summed E-state index contributed by atoms with van der Waals surface area (Å²) in [5.74, 6) is 0.853. The molecule has 0 bridgehead atoms. The summed E-state index contributed by atoms with van der Waals surface area (Å²) in [6.07, 6.45) is 4.44. The van der Waals surface area contributed by atoms with E-state index in [9.17, 15) is 9.59 Å². The largest absolute Gasteiger partial charge is 0.338 e. The van der Waals surface area contributed by atoms with Crippen LogP contribution >= 0.6 is 0 Å². The van der Waals surface area contributed by atoms with Crippen molar-refractivity contribution in [2.45, 2.75) is 27.2 Å². The Morgan fingerprint density at radius 2 is 1.71 bits per heavy atom. The van der Waals surface area contributed by atoms with Crippen LogP contribution < -0.4 is 5.32 Å². The molecule has 0 aliphatic carbocycles. The summed E-state index contributed by atoms with van der Waals surface area (Å²) < 4.78 is 0. The highest BCUT2D eigenvalue weighted by Gasteiger charge is 2.26. The van der Waals surface area contributed by atoms with E-state index in [0.29, 0.717) is 23.1 Å². The number of likely N-dealkylation sites (tertiary alicyclic amines) is 1. The van der Waals surface area contributed by atoms with Crippen LogP contribution in [0.4, 0.5) is 5.69 Å². The maximum absolute atomic E-state index is 13.0. The van der Waals surface area contributed by atoms with Gasteiger partial charge >= 0.3 is 0 Å². The van der Waals surface area contributed by atoms with Gasteiger partial charge < -0.3 is 10.2 Å². The van der Waals surface area contributed by atoms with Gasteiger partial charge in [0.2, 0.25) is 5.91 Å². The summed E-state index contributed by atoms with van der Waals surface area (Å²) in [6, 6.07) is 15.2. The van der Waals surface area contributed by atoms with Gasteiger partial charge in [-0.15, -0.1) is 0 Å². The van der Waals surface area contributed by atoms with Gasteiger partial charge in [0.05, 0.1) is 0 Å². The van der Waals surface area contributed by atoms with Crippen LogP contribution in [0.15, 0.2) is 54.6 Å². The van der Waals surface area contributed by atoms with Crippen molar-refractivity contribution < 1.29 is 9.59 Å². The molecule has 2 unspecified atom stereocenters. The van der Waals surface area contributed by atoms with Gasteiger partial charge in [-0.1, -0.05) is 50.2 Å². The fourth-order valence-electron chi connectivity index (χ4n) is 3.81. The van der Waals surface area contributed by atoms with Gasteiger partial charge in [0.25, 0.3) is 5.91 Å². The zero-order chi connectivity index (χ0) is 20.1. The zero-order valence-corrected chi connectivity index (χ0v) is 16.8. The van der Waals surface area contributed by atoms with E-state index < -0.39 is 0 Å². The van der Waals surface area contributed by atoms with Crippen molar-refractivity contribution in [2.24, 2.45) is 11.8 Å². The van der Waals surface area contributed by atoms with Crippen molar-refractivity contribution in [1.82, 2.24) is 4.90 Å². The Kier molecular flexibility index (Phi) is 6.30. The van der Waals surface area contributed by atoms with Gasteiger partial charge in [-0.05, 0) is 54.5 Å². The predicted molar refractivity (Wildman–Crippen MR) is 114 cm³/mol. The standard InChI is InChI=1S/C24H28N2O2/c1-17-13-18(2)16-26(15-17)24(28)21-11-9-19(3)22(14-21)25-23(27)12-10-20-7-5-4-6-8-20/h4-12,14,17-18H,13,15-16H2,1-3H3,(H,25,27)/b12-10+. The number of anilines is 1. The summed E-state index contributed by atoms with van der Waals surface area (Å²) in [5.41, 5.74) is 3.19. The highest BCUT2D eigenvalue weighted by Crippen LogP contribution is 2.24. The fourth-order valence-corrected chi connectivity index (χ4v) is 3.81. The van der Waals surface area contributed by atoms with Crippen LogP contribution in [-0.2, 0) is 4.79 Å². The lowest BCUT2D eigenvalue weighted by Crippen LogP contribution is -2.42. The number of amides is 2. The van der Waals surface area contributed by atoms with Crippen molar-refractivity contribution in [3.63, 3.8) is 0 Å². The molecule has 1 saturated heterocycles. The molecule has 2 aromatic rings. The maximum Gasteiger partial charge on any atom is 0.253 e. The number of rotatable bonds is 4. The lowest BCUT2D eigenvalue weighted by atomic mass is 9.91. The van der Waals surface area contributed by atoms with Crippen molar-refractivity contribution in [1.29, 1.82) is 0 Å². The summed E-state index contributed by atoms with van der Waals surface area (Å²) in [6.45, 7) is 7.89. The quantitative estimate of drug-likeness (QED) is 0.782. The van der Waals surface area contributed by atoms with Crippen molar-refractivity contribution in [3.05, 3.63) is 71.3 Å². The van der Waals surface area contributed by atoms with Gasteiger partial charge in [-0.3, -0.25) is 9.59 Å². The fraction of sp³-hybridized carbons (Fsp3) is 0.333. The second-order valence-electron chi connectivity index (χ2n) is 7.92. The molecule has 1 N–H and O–H groups in total. The summed E-state index contributed by atoms with van der Waals surface area (Å²) in [5, 5.41) is 2.90. The minimum Gasteiger partial charge on any atom is -0.338 e. The van der Waals surface area contributed by atoms with Gasteiger partial charge in [-0.2, -0.15) is 0 Å². The van der Waals surface area contributed by atoms with E-state index in [-0.39, 0.29) is 11.8 Å². The minimum absolute atomic E-state index is 0.0359. The highest BCUT2D eigenvalue weighted by atomic mass is 16.2. The Morgan fingerprint density at radius 3 is 2.39 bits per heavy atom. The van der Waals surface area contributed by atoms with Crippen molar-refractivity contribution in [3.8, 4) is 0 Å². The van der Waals surface area contributed by atoms with Crippen LogP contribution in [0.5, 0.6) is 0 Å². The van der Waals surface area contributed by atoms with Gasteiger partial charge in [0, 0.05) is 30.4 Å². The maximum atomic E-state index is 13.0. The first-order chi connectivity index (χ1) is 13.4. The average molecular weight is 377 g/mol. The Balaban J connectivity index is 1.71. The van der Waals surface area contributed by atoms with E-state index in [4.69, 9.17) is 0 Å². The molecule has 0 radical (unpaired) electrons. The van der Waals surface area contributed by atoms with Crippen molar-refractivity contribution >= 4 is 23.6 Å². The van der Waals surface area contributed by atoms with Crippen molar-refractivity contribution in [2.75, 3.05) is 18.4 Å². The van der Waals surface area contributed by atoms with E-state index in [1.54, 1.807) is 12.1 Å². The first-order valence-corrected chi connectivity index (χ1v) is 9.86. The van der Waals surface area contributed by atoms with E-state index in [1.807, 2.05) is 54.3 Å². The van der Waals surface area contributed by atoms with E-state index in [1.165, 1.54) is 6.08 Å². The summed E-state index contributed by atoms with van der Waals surface area (Å²) in [7, 11) is 0. The lowest BCUT2D eigenvalue weighted by Gasteiger charge is -2.35. The number of hydrogen-bond acceptors (Lipinski definition) is 2. The molecular formula is C24H28N2O2. The highest BCUT2D eigenvalue weighted by molar-refractivity contribution is 6.03. The first-order valence-electron chi connectivity index (χ1n) is 9.86. The number of piperidine rings is 1. The normalized spacial score (nSPS) is 19.6. The Labute approximate surface area is 167 Å². The lowest BCUT2D eigenvalue weighted by molar-refractivity contribution is -0.111. The summed E-state index contributed by atoms with van der Waals surface area (Å²) in [4.78, 5) is 27.2. The zero-order valence-electron chi connectivity index (χ0n) is 16.8. The van der Waals surface area contributed by atoms with Crippen LogP contribution in [0.2, 0.25) is 0 Å². The van der Waals surface area contributed by atoms with Gasteiger partial charge in [-0.25, -0.2) is 0 Å². The molecule has 2 aromatic carbocycles. The molecule has 0 saturated carbocycles. The third-order valence-electron chi connectivity index (χ3n) is 5.13. The number of carbonyl (C=O) groups is 2. The molecule has 2 amide bonds. The number of aryl methyl sites for hydroxylation is 1. The molecule has 1 aliphatic heterocycles. The third kappa shape index (κ3) is 5.10.